The highest BCUT2D eigenvalue weighted by Crippen LogP contribution is 2.27. The van der Waals surface area contributed by atoms with E-state index in [1.807, 2.05) is 45.0 Å². The molecule has 0 spiro atoms. The summed E-state index contributed by atoms with van der Waals surface area (Å²) >= 11 is 0. The Hall–Kier alpha value is -1.30. The van der Waals surface area contributed by atoms with Crippen molar-refractivity contribution in [3.05, 3.63) is 24.3 Å². The summed E-state index contributed by atoms with van der Waals surface area (Å²) in [7, 11) is 1.54. The molecule has 0 heterocycles. The predicted molar refractivity (Wildman–Crippen MR) is 87.2 cm³/mol. The first-order chi connectivity index (χ1) is 9.35. The molecule has 1 unspecified atom stereocenters. The van der Waals surface area contributed by atoms with Crippen molar-refractivity contribution in [1.82, 2.24) is 0 Å². The Bertz CT molecular complexity index is 443. The van der Waals surface area contributed by atoms with Crippen molar-refractivity contribution >= 4 is 24.0 Å². The molecule has 3 N–H and O–H groups in total. The van der Waals surface area contributed by atoms with Gasteiger partial charge in [0.25, 0.3) is 0 Å². The average Bonchev–Trinajstić information content (AvgIpc) is 2.36. The van der Waals surface area contributed by atoms with Gasteiger partial charge in [-0.05, 0) is 32.9 Å². The zero-order chi connectivity index (χ0) is 15.2. The van der Waals surface area contributed by atoms with Crippen molar-refractivity contribution in [3.63, 3.8) is 0 Å². The Morgan fingerprint density at radius 2 is 1.95 bits per heavy atom. The first-order valence-corrected chi connectivity index (χ1v) is 6.66. The Balaban J connectivity index is 0.00000400. The van der Waals surface area contributed by atoms with E-state index in [1.54, 1.807) is 7.11 Å². The molecule has 0 aromatic heterocycles. The minimum Gasteiger partial charge on any atom is -0.486 e. The molecule has 0 aliphatic heterocycles. The smallest absolute Gasteiger partial charge is 0.227 e. The number of nitrogens with two attached hydrogens (primary N) is 1. The topological polar surface area (TPSA) is 73.6 Å². The first-order valence-electron chi connectivity index (χ1n) is 6.66. The zero-order valence-electron chi connectivity index (χ0n) is 13.0. The van der Waals surface area contributed by atoms with Crippen LogP contribution in [-0.4, -0.2) is 31.3 Å². The molecule has 1 aromatic carbocycles. The van der Waals surface area contributed by atoms with Gasteiger partial charge in [-0.3, -0.25) is 4.79 Å². The van der Waals surface area contributed by atoms with Gasteiger partial charge in [-0.15, -0.1) is 12.4 Å². The molecular formula is C15H25ClN2O3. The van der Waals surface area contributed by atoms with Crippen LogP contribution in [0.3, 0.4) is 0 Å². The van der Waals surface area contributed by atoms with Gasteiger partial charge < -0.3 is 20.5 Å². The fourth-order valence-electron chi connectivity index (χ4n) is 1.66. The van der Waals surface area contributed by atoms with E-state index in [0.29, 0.717) is 18.0 Å². The fraction of sp³-hybridized carbons (Fsp3) is 0.533. The van der Waals surface area contributed by atoms with Gasteiger partial charge >= 0.3 is 0 Å². The van der Waals surface area contributed by atoms with E-state index in [9.17, 15) is 4.79 Å². The van der Waals surface area contributed by atoms with Gasteiger partial charge in [0.15, 0.2) is 0 Å². The lowest BCUT2D eigenvalue weighted by molar-refractivity contribution is -0.118. The predicted octanol–water partition coefficient (Wildman–Crippen LogP) is 2.59. The highest BCUT2D eigenvalue weighted by atomic mass is 35.5. The van der Waals surface area contributed by atoms with Gasteiger partial charge in [-0.25, -0.2) is 0 Å². The molecule has 0 bridgehead atoms. The largest absolute Gasteiger partial charge is 0.486 e. The number of amides is 1. The van der Waals surface area contributed by atoms with E-state index in [0.717, 1.165) is 0 Å². The maximum Gasteiger partial charge on any atom is 0.227 e. The summed E-state index contributed by atoms with van der Waals surface area (Å²) in [4.78, 5) is 12.0. The lowest BCUT2D eigenvalue weighted by Gasteiger charge is -2.23. The molecule has 0 radical (unpaired) electrons. The van der Waals surface area contributed by atoms with E-state index in [-0.39, 0.29) is 36.4 Å². The lowest BCUT2D eigenvalue weighted by atomic mass is 10.2. The minimum absolute atomic E-state index is 0. The molecule has 1 amide bonds. The van der Waals surface area contributed by atoms with Gasteiger partial charge in [-0.2, -0.15) is 0 Å². The van der Waals surface area contributed by atoms with E-state index in [2.05, 4.69) is 5.32 Å². The number of nitrogens with one attached hydrogen (secondary N) is 1. The van der Waals surface area contributed by atoms with E-state index < -0.39 is 0 Å². The molecule has 21 heavy (non-hydrogen) atoms. The summed E-state index contributed by atoms with van der Waals surface area (Å²) in [6.07, 6.45) is -0.0534. The van der Waals surface area contributed by atoms with E-state index in [4.69, 9.17) is 15.2 Å². The number of carbonyl (C=O) groups excluding carboxylic acids is 1. The Kier molecular flexibility index (Phi) is 8.32. The van der Waals surface area contributed by atoms with Crippen molar-refractivity contribution in [2.24, 2.45) is 5.73 Å². The molecule has 1 rings (SSSR count). The second-order valence-electron chi connectivity index (χ2n) is 5.56. The fourth-order valence-corrected chi connectivity index (χ4v) is 1.66. The van der Waals surface area contributed by atoms with Gasteiger partial charge in [-0.1, -0.05) is 12.1 Å². The summed E-state index contributed by atoms with van der Waals surface area (Å²) in [5.41, 5.74) is 5.83. The molecule has 0 aliphatic carbocycles. The number of anilines is 1. The number of rotatable bonds is 6. The highest BCUT2D eigenvalue weighted by Gasteiger charge is 2.17. The van der Waals surface area contributed by atoms with E-state index >= 15 is 0 Å². The average molecular weight is 317 g/mol. The molecule has 0 aliphatic rings. The monoisotopic (exact) mass is 316 g/mol. The molecule has 6 heteroatoms. The summed E-state index contributed by atoms with van der Waals surface area (Å²) in [5, 5.41) is 2.83. The quantitative estimate of drug-likeness (QED) is 0.846. The number of hydrogen-bond acceptors (Lipinski definition) is 4. The van der Waals surface area contributed by atoms with Crippen LogP contribution in [0.15, 0.2) is 24.3 Å². The van der Waals surface area contributed by atoms with Crippen molar-refractivity contribution < 1.29 is 14.3 Å². The summed E-state index contributed by atoms with van der Waals surface area (Å²) in [6.45, 7) is 6.19. The molecule has 0 saturated heterocycles. The Morgan fingerprint density at radius 1 is 1.33 bits per heavy atom. The number of methoxy groups -OCH3 is 1. The van der Waals surface area contributed by atoms with Crippen molar-refractivity contribution in [3.8, 4) is 5.75 Å². The number of para-hydroxylation sites is 2. The Labute approximate surface area is 132 Å². The maximum absolute atomic E-state index is 12.0. The van der Waals surface area contributed by atoms with Crippen LogP contribution in [0.4, 0.5) is 5.69 Å². The number of carbonyl (C=O) groups is 1. The molecule has 120 valence electrons. The number of ether oxygens (including phenoxy) is 2. The number of hydrogen-bond donors (Lipinski definition) is 2. The third kappa shape index (κ3) is 7.32. The minimum atomic E-state index is -0.326. The standard InChI is InChI=1S/C15H24N2O3.ClH/c1-15(2,3)20-13-8-6-5-7-12(13)17-14(18)9-11(10-16)19-4;/h5-8,11H,9-10,16H2,1-4H3,(H,17,18);1H. The molecule has 1 atom stereocenters. The molecule has 1 aromatic rings. The van der Waals surface area contributed by atoms with Gasteiger partial charge in [0, 0.05) is 13.7 Å². The van der Waals surface area contributed by atoms with Crippen LogP contribution in [0.5, 0.6) is 5.75 Å². The second-order valence-corrected chi connectivity index (χ2v) is 5.56. The summed E-state index contributed by atoms with van der Waals surface area (Å²) in [6, 6.07) is 7.36. The van der Waals surface area contributed by atoms with Crippen LogP contribution >= 0.6 is 12.4 Å². The highest BCUT2D eigenvalue weighted by molar-refractivity contribution is 5.92. The summed E-state index contributed by atoms with van der Waals surface area (Å²) in [5.74, 6) is 0.502. The van der Waals surface area contributed by atoms with Crippen LogP contribution in [0.2, 0.25) is 0 Å². The van der Waals surface area contributed by atoms with Gasteiger partial charge in [0.1, 0.15) is 11.4 Å². The van der Waals surface area contributed by atoms with E-state index in [1.165, 1.54) is 0 Å². The van der Waals surface area contributed by atoms with Crippen molar-refractivity contribution in [1.29, 1.82) is 0 Å². The van der Waals surface area contributed by atoms with Crippen LogP contribution < -0.4 is 15.8 Å². The second kappa shape index (κ2) is 8.87. The zero-order valence-corrected chi connectivity index (χ0v) is 13.8. The van der Waals surface area contributed by atoms with Crippen LogP contribution in [0, 0.1) is 0 Å². The normalized spacial score (nSPS) is 12.2. The third-order valence-corrected chi connectivity index (χ3v) is 2.59. The SMILES string of the molecule is COC(CN)CC(=O)Nc1ccccc1OC(C)(C)C.Cl. The number of halogens is 1. The third-order valence-electron chi connectivity index (χ3n) is 2.59. The van der Waals surface area contributed by atoms with Crippen LogP contribution in [0.1, 0.15) is 27.2 Å². The molecule has 0 fully saturated rings. The Morgan fingerprint density at radius 3 is 2.48 bits per heavy atom. The maximum atomic E-state index is 12.0. The first kappa shape index (κ1) is 19.7. The van der Waals surface area contributed by atoms with Gasteiger partial charge in [0.05, 0.1) is 18.2 Å². The van der Waals surface area contributed by atoms with Crippen LogP contribution in [0.25, 0.3) is 0 Å². The number of benzene rings is 1. The molecule has 0 saturated carbocycles. The molecular weight excluding hydrogens is 292 g/mol. The van der Waals surface area contributed by atoms with Gasteiger partial charge in [0.2, 0.25) is 5.91 Å². The molecule has 5 nitrogen and oxygen atoms in total. The van der Waals surface area contributed by atoms with Crippen LogP contribution in [-0.2, 0) is 9.53 Å². The summed E-state index contributed by atoms with van der Waals surface area (Å²) < 4.78 is 10.9. The van der Waals surface area contributed by atoms with Crippen molar-refractivity contribution in [2.75, 3.05) is 19.0 Å². The lowest BCUT2D eigenvalue weighted by Crippen LogP contribution is -2.28. The van der Waals surface area contributed by atoms with Crippen molar-refractivity contribution in [2.45, 2.75) is 38.9 Å².